The fraction of sp³-hybridized carbons (Fsp3) is 0.182. The van der Waals surface area contributed by atoms with Gasteiger partial charge in [0.25, 0.3) is 0 Å². The molecule has 1 unspecified atom stereocenters. The molecule has 26 heavy (non-hydrogen) atoms. The Kier molecular flexibility index (Phi) is 3.49. The summed E-state index contributed by atoms with van der Waals surface area (Å²) in [6.07, 6.45) is 7.26. The van der Waals surface area contributed by atoms with Crippen LogP contribution < -0.4 is 5.73 Å². The molecule has 2 heterocycles. The van der Waals surface area contributed by atoms with Crippen LogP contribution in [0.4, 0.5) is 5.82 Å². The zero-order chi connectivity index (χ0) is 17.5. The number of aryl methyl sites for hydroxylation is 1. The van der Waals surface area contributed by atoms with Crippen LogP contribution in [0.2, 0.25) is 0 Å². The van der Waals surface area contributed by atoms with Crippen LogP contribution in [0.1, 0.15) is 35.4 Å². The van der Waals surface area contributed by atoms with E-state index in [1.54, 1.807) is 6.33 Å². The Bertz CT molecular complexity index is 1080. The van der Waals surface area contributed by atoms with Crippen LogP contribution in [0.5, 0.6) is 0 Å². The predicted octanol–water partition coefficient (Wildman–Crippen LogP) is 4.47. The Morgan fingerprint density at radius 1 is 0.923 bits per heavy atom. The molecule has 4 nitrogen and oxygen atoms in total. The van der Waals surface area contributed by atoms with Crippen LogP contribution in [0.15, 0.2) is 67.1 Å². The topological polar surface area (TPSA) is 56.7 Å². The molecule has 0 amide bonds. The summed E-state index contributed by atoms with van der Waals surface area (Å²) in [4.78, 5) is 8.87. The number of nitrogens with zero attached hydrogens (tertiary/aromatic N) is 3. The standard InChI is InChI=1S/C22H20N4/c23-22-21-20(24-14-25-22)19(13-26(21)16-9-2-1-3-10-16)18-12-6-8-15-7-4-5-11-17(15)18/h1-5,7,9-11,13-14,18H,6,8,12H2,(H2,23,24,25). The summed E-state index contributed by atoms with van der Waals surface area (Å²) in [5, 5.41) is 0. The highest BCUT2D eigenvalue weighted by molar-refractivity contribution is 5.90. The first-order valence-corrected chi connectivity index (χ1v) is 9.07. The molecular weight excluding hydrogens is 320 g/mol. The number of rotatable bonds is 2. The molecule has 4 aromatic rings. The van der Waals surface area contributed by atoms with Crippen LogP contribution in [0.3, 0.4) is 0 Å². The van der Waals surface area contributed by atoms with Gasteiger partial charge in [-0.2, -0.15) is 0 Å². The van der Waals surface area contributed by atoms with Crippen LogP contribution in [0, 0.1) is 0 Å². The quantitative estimate of drug-likeness (QED) is 0.586. The van der Waals surface area contributed by atoms with Gasteiger partial charge in [0.1, 0.15) is 11.8 Å². The number of anilines is 1. The van der Waals surface area contributed by atoms with Crippen LogP contribution in [-0.2, 0) is 6.42 Å². The zero-order valence-corrected chi connectivity index (χ0v) is 14.5. The summed E-state index contributed by atoms with van der Waals surface area (Å²) >= 11 is 0. The third-order valence-corrected chi connectivity index (χ3v) is 5.41. The van der Waals surface area contributed by atoms with Gasteiger partial charge >= 0.3 is 0 Å². The highest BCUT2D eigenvalue weighted by Gasteiger charge is 2.26. The highest BCUT2D eigenvalue weighted by atomic mass is 15.0. The third kappa shape index (κ3) is 2.30. The van der Waals surface area contributed by atoms with E-state index >= 15 is 0 Å². The molecular formula is C22H20N4. The second-order valence-corrected chi connectivity index (χ2v) is 6.89. The Labute approximate surface area is 152 Å². The average molecular weight is 340 g/mol. The van der Waals surface area contributed by atoms with E-state index in [1.807, 2.05) is 18.2 Å². The first-order valence-electron chi connectivity index (χ1n) is 9.07. The van der Waals surface area contributed by atoms with Gasteiger partial charge in [-0.15, -0.1) is 0 Å². The van der Waals surface area contributed by atoms with Gasteiger partial charge in [0.15, 0.2) is 5.82 Å². The number of nitrogen functional groups attached to an aromatic ring is 1. The zero-order valence-electron chi connectivity index (χ0n) is 14.5. The third-order valence-electron chi connectivity index (χ3n) is 5.41. The Morgan fingerprint density at radius 2 is 1.73 bits per heavy atom. The molecule has 128 valence electrons. The van der Waals surface area contributed by atoms with Crippen LogP contribution in [0.25, 0.3) is 16.7 Å². The number of para-hydroxylation sites is 1. The monoisotopic (exact) mass is 340 g/mol. The van der Waals surface area contributed by atoms with E-state index in [4.69, 9.17) is 5.73 Å². The predicted molar refractivity (Wildman–Crippen MR) is 105 cm³/mol. The minimum Gasteiger partial charge on any atom is -0.382 e. The van der Waals surface area contributed by atoms with Crippen molar-refractivity contribution in [1.82, 2.24) is 14.5 Å². The maximum atomic E-state index is 6.26. The number of hydrogen-bond acceptors (Lipinski definition) is 3. The SMILES string of the molecule is Nc1ncnc2c(C3CCCc4ccccc43)cn(-c3ccccc3)c12. The van der Waals surface area contributed by atoms with E-state index in [1.165, 1.54) is 23.1 Å². The van der Waals surface area contributed by atoms with Crippen molar-refractivity contribution in [2.75, 3.05) is 5.73 Å². The van der Waals surface area contributed by atoms with Crippen molar-refractivity contribution in [3.63, 3.8) is 0 Å². The largest absolute Gasteiger partial charge is 0.382 e. The fourth-order valence-electron chi connectivity index (χ4n) is 4.23. The molecule has 1 aliphatic rings. The van der Waals surface area contributed by atoms with Gasteiger partial charge in [-0.05, 0) is 42.5 Å². The van der Waals surface area contributed by atoms with Gasteiger partial charge in [-0.3, -0.25) is 0 Å². The summed E-state index contributed by atoms with van der Waals surface area (Å²) in [5.74, 6) is 0.871. The van der Waals surface area contributed by atoms with Gasteiger partial charge in [0.2, 0.25) is 0 Å². The summed E-state index contributed by atoms with van der Waals surface area (Å²) in [6.45, 7) is 0. The first-order chi connectivity index (χ1) is 12.8. The molecule has 0 saturated carbocycles. The summed E-state index contributed by atoms with van der Waals surface area (Å²) < 4.78 is 2.14. The fourth-order valence-corrected chi connectivity index (χ4v) is 4.23. The minimum atomic E-state index is 0.349. The molecule has 2 aromatic heterocycles. The summed E-state index contributed by atoms with van der Waals surface area (Å²) in [7, 11) is 0. The maximum absolute atomic E-state index is 6.26. The molecule has 1 aliphatic carbocycles. The van der Waals surface area contributed by atoms with E-state index in [0.29, 0.717) is 11.7 Å². The molecule has 2 N–H and O–H groups in total. The molecule has 0 fully saturated rings. The number of fused-ring (bicyclic) bond motifs is 2. The lowest BCUT2D eigenvalue weighted by Crippen LogP contribution is -2.10. The molecule has 2 aromatic carbocycles. The lowest BCUT2D eigenvalue weighted by Gasteiger charge is -2.25. The maximum Gasteiger partial charge on any atom is 0.151 e. The van der Waals surface area contributed by atoms with E-state index in [9.17, 15) is 0 Å². The molecule has 5 rings (SSSR count). The van der Waals surface area contributed by atoms with Crippen molar-refractivity contribution in [1.29, 1.82) is 0 Å². The second kappa shape index (κ2) is 5.99. The number of benzene rings is 2. The van der Waals surface area contributed by atoms with E-state index < -0.39 is 0 Å². The molecule has 0 aliphatic heterocycles. The van der Waals surface area contributed by atoms with Gasteiger partial charge in [0, 0.05) is 23.4 Å². The van der Waals surface area contributed by atoms with Crippen molar-refractivity contribution in [3.05, 3.63) is 83.8 Å². The second-order valence-electron chi connectivity index (χ2n) is 6.89. The van der Waals surface area contributed by atoms with Crippen molar-refractivity contribution < 1.29 is 0 Å². The van der Waals surface area contributed by atoms with Gasteiger partial charge < -0.3 is 10.3 Å². The van der Waals surface area contributed by atoms with Gasteiger partial charge in [0.05, 0.1) is 5.52 Å². The van der Waals surface area contributed by atoms with Crippen molar-refractivity contribution in [3.8, 4) is 5.69 Å². The normalized spacial score (nSPS) is 16.5. The smallest absolute Gasteiger partial charge is 0.151 e. The lowest BCUT2D eigenvalue weighted by atomic mass is 9.79. The van der Waals surface area contributed by atoms with Crippen LogP contribution >= 0.6 is 0 Å². The Hall–Kier alpha value is -3.14. The first kappa shape index (κ1) is 15.1. The molecule has 0 spiro atoms. The average Bonchev–Trinajstić information content (AvgIpc) is 3.09. The number of nitrogens with two attached hydrogens (primary N) is 1. The molecule has 0 saturated heterocycles. The van der Waals surface area contributed by atoms with E-state index in [2.05, 4.69) is 57.1 Å². The number of aromatic nitrogens is 3. The molecule has 0 bridgehead atoms. The summed E-state index contributed by atoms with van der Waals surface area (Å²) in [6, 6.07) is 19.1. The molecule has 4 heteroatoms. The summed E-state index contributed by atoms with van der Waals surface area (Å²) in [5.41, 5.74) is 13.3. The lowest BCUT2D eigenvalue weighted by molar-refractivity contribution is 0.617. The van der Waals surface area contributed by atoms with Crippen molar-refractivity contribution in [2.45, 2.75) is 25.2 Å². The highest BCUT2D eigenvalue weighted by Crippen LogP contribution is 2.40. The van der Waals surface area contributed by atoms with Crippen molar-refractivity contribution in [2.24, 2.45) is 0 Å². The van der Waals surface area contributed by atoms with Gasteiger partial charge in [-0.25, -0.2) is 9.97 Å². The van der Waals surface area contributed by atoms with E-state index in [0.717, 1.165) is 29.6 Å². The van der Waals surface area contributed by atoms with Crippen molar-refractivity contribution >= 4 is 16.9 Å². The van der Waals surface area contributed by atoms with Crippen LogP contribution in [-0.4, -0.2) is 14.5 Å². The Morgan fingerprint density at radius 3 is 2.62 bits per heavy atom. The minimum absolute atomic E-state index is 0.349. The molecule has 0 radical (unpaired) electrons. The van der Waals surface area contributed by atoms with E-state index in [-0.39, 0.29) is 0 Å². The Balaban J connectivity index is 1.77. The molecule has 1 atom stereocenters. The van der Waals surface area contributed by atoms with Gasteiger partial charge in [-0.1, -0.05) is 42.5 Å². The number of hydrogen-bond donors (Lipinski definition) is 1.